The van der Waals surface area contributed by atoms with E-state index in [1.165, 1.54) is 0 Å². The summed E-state index contributed by atoms with van der Waals surface area (Å²) < 4.78 is 5.43. The number of anilines is 2. The third-order valence-electron chi connectivity index (χ3n) is 2.76. The second-order valence-electron chi connectivity index (χ2n) is 4.23. The molecule has 1 amide bonds. The van der Waals surface area contributed by atoms with Crippen molar-refractivity contribution in [3.8, 4) is 5.75 Å². The minimum atomic E-state index is -0.388. The van der Waals surface area contributed by atoms with Gasteiger partial charge in [0.1, 0.15) is 11.3 Å². The molecule has 0 aliphatic carbocycles. The quantitative estimate of drug-likeness (QED) is 0.827. The minimum Gasteiger partial charge on any atom is -0.493 e. The predicted octanol–water partition coefficient (Wildman–Crippen LogP) is 4.23. The molecule has 0 aromatic heterocycles. The van der Waals surface area contributed by atoms with Gasteiger partial charge in [-0.3, -0.25) is 4.79 Å². The Labute approximate surface area is 132 Å². The number of carbonyl (C=O) groups excluding carboxylic acids is 1. The number of amides is 1. The van der Waals surface area contributed by atoms with Gasteiger partial charge < -0.3 is 15.8 Å². The van der Waals surface area contributed by atoms with Crippen LogP contribution in [0.4, 0.5) is 11.4 Å². The minimum absolute atomic E-state index is 0.283. The van der Waals surface area contributed by atoms with Gasteiger partial charge in [0.25, 0.3) is 5.91 Å². The first kappa shape index (κ1) is 15.5. The van der Waals surface area contributed by atoms with Gasteiger partial charge in [-0.05, 0) is 37.3 Å². The zero-order valence-corrected chi connectivity index (χ0v) is 12.8. The van der Waals surface area contributed by atoms with E-state index in [-0.39, 0.29) is 11.5 Å². The van der Waals surface area contributed by atoms with Crippen LogP contribution in [0.15, 0.2) is 36.4 Å². The molecular weight excluding hydrogens is 311 g/mol. The average Bonchev–Trinajstić information content (AvgIpc) is 2.42. The number of rotatable bonds is 4. The standard InChI is InChI=1S/C15H14Cl2N2O2/c1-2-21-13-5-3-4-11(18)14(13)15(20)19-12-7-6-9(16)8-10(12)17/h3-8H,2,18H2,1H3,(H,19,20). The Kier molecular flexibility index (Phi) is 4.94. The monoisotopic (exact) mass is 324 g/mol. The molecule has 0 saturated carbocycles. The molecule has 0 unspecified atom stereocenters. The van der Waals surface area contributed by atoms with E-state index in [1.54, 1.807) is 36.4 Å². The summed E-state index contributed by atoms with van der Waals surface area (Å²) >= 11 is 11.9. The molecule has 0 radical (unpaired) electrons. The van der Waals surface area contributed by atoms with Crippen LogP contribution in [0.25, 0.3) is 0 Å². The highest BCUT2D eigenvalue weighted by Gasteiger charge is 2.17. The Morgan fingerprint density at radius 1 is 1.29 bits per heavy atom. The highest BCUT2D eigenvalue weighted by atomic mass is 35.5. The molecule has 0 bridgehead atoms. The summed E-state index contributed by atoms with van der Waals surface area (Å²) in [5, 5.41) is 3.55. The summed E-state index contributed by atoms with van der Waals surface area (Å²) in [6.07, 6.45) is 0. The first-order chi connectivity index (χ1) is 10.0. The van der Waals surface area contributed by atoms with E-state index < -0.39 is 0 Å². The van der Waals surface area contributed by atoms with Gasteiger partial charge in [0.15, 0.2) is 0 Å². The molecule has 0 aliphatic rings. The molecule has 0 fully saturated rings. The van der Waals surface area contributed by atoms with E-state index in [9.17, 15) is 4.79 Å². The molecule has 2 aromatic carbocycles. The zero-order chi connectivity index (χ0) is 15.4. The van der Waals surface area contributed by atoms with Crippen molar-refractivity contribution in [2.45, 2.75) is 6.92 Å². The van der Waals surface area contributed by atoms with Crippen LogP contribution in [0.2, 0.25) is 10.0 Å². The molecule has 0 aliphatic heterocycles. The van der Waals surface area contributed by atoms with E-state index >= 15 is 0 Å². The van der Waals surface area contributed by atoms with Crippen LogP contribution in [0.1, 0.15) is 17.3 Å². The zero-order valence-electron chi connectivity index (χ0n) is 11.3. The van der Waals surface area contributed by atoms with E-state index in [1.807, 2.05) is 6.92 Å². The number of benzene rings is 2. The fourth-order valence-corrected chi connectivity index (χ4v) is 2.30. The van der Waals surface area contributed by atoms with Crippen molar-refractivity contribution in [1.29, 1.82) is 0 Å². The lowest BCUT2D eigenvalue weighted by Crippen LogP contribution is -2.16. The van der Waals surface area contributed by atoms with Crippen LogP contribution in [-0.4, -0.2) is 12.5 Å². The fraction of sp³-hybridized carbons (Fsp3) is 0.133. The number of hydrogen-bond acceptors (Lipinski definition) is 3. The van der Waals surface area contributed by atoms with Gasteiger partial charge in [0.05, 0.1) is 17.3 Å². The maximum Gasteiger partial charge on any atom is 0.261 e. The van der Waals surface area contributed by atoms with Gasteiger partial charge in [0, 0.05) is 10.7 Å². The number of carbonyl (C=O) groups is 1. The van der Waals surface area contributed by atoms with Gasteiger partial charge in [-0.25, -0.2) is 0 Å². The lowest BCUT2D eigenvalue weighted by atomic mass is 10.1. The van der Waals surface area contributed by atoms with E-state index in [0.717, 1.165) is 0 Å². The lowest BCUT2D eigenvalue weighted by molar-refractivity contribution is 0.102. The maximum atomic E-state index is 12.4. The van der Waals surface area contributed by atoms with Crippen LogP contribution in [-0.2, 0) is 0 Å². The molecule has 4 nitrogen and oxygen atoms in total. The number of ether oxygens (including phenoxy) is 1. The summed E-state index contributed by atoms with van der Waals surface area (Å²) in [7, 11) is 0. The van der Waals surface area contributed by atoms with Crippen molar-refractivity contribution in [1.82, 2.24) is 0 Å². The summed E-state index contributed by atoms with van der Waals surface area (Å²) in [6, 6.07) is 9.88. The van der Waals surface area contributed by atoms with E-state index in [4.69, 9.17) is 33.7 Å². The Morgan fingerprint density at radius 3 is 2.71 bits per heavy atom. The first-order valence-corrected chi connectivity index (χ1v) is 7.06. The third kappa shape index (κ3) is 3.60. The smallest absolute Gasteiger partial charge is 0.261 e. The van der Waals surface area contributed by atoms with Crippen molar-refractivity contribution in [2.75, 3.05) is 17.7 Å². The number of hydrogen-bond donors (Lipinski definition) is 2. The van der Waals surface area contributed by atoms with Crippen molar-refractivity contribution in [3.63, 3.8) is 0 Å². The van der Waals surface area contributed by atoms with Crippen molar-refractivity contribution in [3.05, 3.63) is 52.0 Å². The third-order valence-corrected chi connectivity index (χ3v) is 3.31. The summed E-state index contributed by atoms with van der Waals surface area (Å²) in [6.45, 7) is 2.27. The fourth-order valence-electron chi connectivity index (χ4n) is 1.84. The molecule has 2 aromatic rings. The normalized spacial score (nSPS) is 10.2. The van der Waals surface area contributed by atoms with Crippen LogP contribution in [0, 0.1) is 0 Å². The molecule has 21 heavy (non-hydrogen) atoms. The second kappa shape index (κ2) is 6.70. The maximum absolute atomic E-state index is 12.4. The van der Waals surface area contributed by atoms with E-state index in [2.05, 4.69) is 5.32 Å². The first-order valence-electron chi connectivity index (χ1n) is 6.30. The van der Waals surface area contributed by atoms with Gasteiger partial charge >= 0.3 is 0 Å². The molecule has 110 valence electrons. The number of nitrogen functional groups attached to an aromatic ring is 1. The van der Waals surface area contributed by atoms with Crippen molar-refractivity contribution >= 4 is 40.5 Å². The van der Waals surface area contributed by atoms with Crippen molar-refractivity contribution < 1.29 is 9.53 Å². The van der Waals surface area contributed by atoms with Crippen LogP contribution >= 0.6 is 23.2 Å². The van der Waals surface area contributed by atoms with Crippen LogP contribution < -0.4 is 15.8 Å². The molecular formula is C15H14Cl2N2O2. The molecule has 0 atom stereocenters. The van der Waals surface area contributed by atoms with Crippen molar-refractivity contribution in [2.24, 2.45) is 0 Å². The van der Waals surface area contributed by atoms with Gasteiger partial charge in [-0.15, -0.1) is 0 Å². The molecule has 3 N–H and O–H groups in total. The highest BCUT2D eigenvalue weighted by molar-refractivity contribution is 6.36. The lowest BCUT2D eigenvalue weighted by Gasteiger charge is -2.13. The average molecular weight is 325 g/mol. The Balaban J connectivity index is 2.32. The van der Waals surface area contributed by atoms with Crippen LogP contribution in [0.3, 0.4) is 0 Å². The van der Waals surface area contributed by atoms with Gasteiger partial charge in [-0.1, -0.05) is 29.3 Å². The summed E-state index contributed by atoms with van der Waals surface area (Å²) in [5.74, 6) is 0.0425. The molecule has 0 spiro atoms. The predicted molar refractivity (Wildman–Crippen MR) is 86.4 cm³/mol. The molecule has 0 heterocycles. The SMILES string of the molecule is CCOc1cccc(N)c1C(=O)Nc1ccc(Cl)cc1Cl. The highest BCUT2D eigenvalue weighted by Crippen LogP contribution is 2.29. The Bertz CT molecular complexity index is 675. The van der Waals surface area contributed by atoms with Crippen LogP contribution in [0.5, 0.6) is 5.75 Å². The number of nitrogens with two attached hydrogens (primary N) is 1. The number of halogens is 2. The van der Waals surface area contributed by atoms with Gasteiger partial charge in [-0.2, -0.15) is 0 Å². The molecule has 2 rings (SSSR count). The second-order valence-corrected chi connectivity index (χ2v) is 5.08. The van der Waals surface area contributed by atoms with E-state index in [0.29, 0.717) is 33.8 Å². The Morgan fingerprint density at radius 2 is 2.05 bits per heavy atom. The molecule has 0 saturated heterocycles. The topological polar surface area (TPSA) is 64.3 Å². The summed E-state index contributed by atoms with van der Waals surface area (Å²) in [4.78, 5) is 12.4. The number of nitrogens with one attached hydrogen (secondary N) is 1. The summed E-state index contributed by atoms with van der Waals surface area (Å²) in [5.41, 5.74) is 6.95. The largest absolute Gasteiger partial charge is 0.493 e. The Hall–Kier alpha value is -1.91. The van der Waals surface area contributed by atoms with Gasteiger partial charge in [0.2, 0.25) is 0 Å². The molecule has 6 heteroatoms.